The Morgan fingerprint density at radius 1 is 1.33 bits per heavy atom. The summed E-state index contributed by atoms with van der Waals surface area (Å²) >= 11 is 6.22. The van der Waals surface area contributed by atoms with E-state index in [-0.39, 0.29) is 0 Å². The summed E-state index contributed by atoms with van der Waals surface area (Å²) in [4.78, 5) is 19.7. The van der Waals surface area contributed by atoms with Crippen LogP contribution in [0.5, 0.6) is 0 Å². The van der Waals surface area contributed by atoms with Crippen LogP contribution in [0.1, 0.15) is 23.2 Å². The normalized spacial score (nSPS) is 14.1. The standard InChI is InChI=1S/C20H17ClN4O2/c1-27-20(26)14-6-7-22-15-9-16(23-18(14)15)19-13-5-4-12(21)8-17(13)25(24-19)10-11-2-3-11/h4-9,11,23H,2-3,10H2,1H3. The Morgan fingerprint density at radius 3 is 2.96 bits per heavy atom. The van der Waals surface area contributed by atoms with Gasteiger partial charge in [-0.2, -0.15) is 5.10 Å². The van der Waals surface area contributed by atoms with Crippen molar-refractivity contribution in [2.75, 3.05) is 7.11 Å². The lowest BCUT2D eigenvalue weighted by atomic mass is 10.1. The van der Waals surface area contributed by atoms with E-state index in [1.165, 1.54) is 20.0 Å². The number of hydrogen-bond donors (Lipinski definition) is 1. The van der Waals surface area contributed by atoms with E-state index < -0.39 is 5.97 Å². The first-order valence-corrected chi connectivity index (χ1v) is 9.24. The largest absolute Gasteiger partial charge is 0.465 e. The molecule has 1 aromatic carbocycles. The number of pyridine rings is 1. The molecule has 1 aliphatic rings. The number of rotatable bonds is 4. The zero-order valence-corrected chi connectivity index (χ0v) is 15.5. The summed E-state index contributed by atoms with van der Waals surface area (Å²) in [7, 11) is 1.37. The van der Waals surface area contributed by atoms with Gasteiger partial charge in [0.05, 0.1) is 34.9 Å². The number of carbonyl (C=O) groups excluding carboxylic acids is 1. The molecule has 0 amide bonds. The predicted molar refractivity (Wildman–Crippen MR) is 104 cm³/mol. The molecule has 7 heteroatoms. The van der Waals surface area contributed by atoms with Gasteiger partial charge < -0.3 is 9.72 Å². The van der Waals surface area contributed by atoms with Crippen molar-refractivity contribution in [1.82, 2.24) is 19.7 Å². The number of nitrogens with one attached hydrogen (secondary N) is 1. The SMILES string of the molecule is COC(=O)c1ccnc2cc(-c3nn(CC4CC4)c4cc(Cl)ccc34)[nH]c12. The lowest BCUT2D eigenvalue weighted by Crippen LogP contribution is -2.02. The van der Waals surface area contributed by atoms with Crippen molar-refractivity contribution >= 4 is 39.5 Å². The van der Waals surface area contributed by atoms with Crippen molar-refractivity contribution in [1.29, 1.82) is 0 Å². The number of fused-ring (bicyclic) bond motifs is 2. The summed E-state index contributed by atoms with van der Waals surface area (Å²) < 4.78 is 6.91. The van der Waals surface area contributed by atoms with E-state index in [1.807, 2.05) is 28.9 Å². The van der Waals surface area contributed by atoms with Crippen LogP contribution in [0.2, 0.25) is 5.02 Å². The van der Waals surface area contributed by atoms with E-state index >= 15 is 0 Å². The van der Waals surface area contributed by atoms with Crippen molar-refractivity contribution < 1.29 is 9.53 Å². The third-order valence-electron chi connectivity index (χ3n) is 5.02. The van der Waals surface area contributed by atoms with Gasteiger partial charge in [-0.15, -0.1) is 0 Å². The number of esters is 1. The summed E-state index contributed by atoms with van der Waals surface area (Å²) in [5, 5.41) is 6.57. The lowest BCUT2D eigenvalue weighted by Gasteiger charge is -2.01. The molecule has 0 bridgehead atoms. The summed E-state index contributed by atoms with van der Waals surface area (Å²) in [5.41, 5.74) is 4.47. The van der Waals surface area contributed by atoms with Crippen molar-refractivity contribution in [2.45, 2.75) is 19.4 Å². The highest BCUT2D eigenvalue weighted by Crippen LogP contribution is 2.35. The highest BCUT2D eigenvalue weighted by atomic mass is 35.5. The van der Waals surface area contributed by atoms with E-state index in [0.29, 0.717) is 27.5 Å². The Hall–Kier alpha value is -2.86. The van der Waals surface area contributed by atoms with E-state index in [4.69, 9.17) is 21.4 Å². The second-order valence-corrected chi connectivity index (χ2v) is 7.37. The van der Waals surface area contributed by atoms with Gasteiger partial charge in [0, 0.05) is 23.2 Å². The van der Waals surface area contributed by atoms with Crippen LogP contribution in [0.3, 0.4) is 0 Å². The maximum absolute atomic E-state index is 12.1. The average Bonchev–Trinajstić information content (AvgIpc) is 3.27. The van der Waals surface area contributed by atoms with Gasteiger partial charge in [-0.25, -0.2) is 4.79 Å². The van der Waals surface area contributed by atoms with Gasteiger partial charge in [-0.3, -0.25) is 9.67 Å². The summed E-state index contributed by atoms with van der Waals surface area (Å²) in [6.07, 6.45) is 4.10. The Labute approximate surface area is 160 Å². The number of nitrogens with zero attached hydrogens (tertiary/aromatic N) is 3. The Balaban J connectivity index is 1.70. The predicted octanol–water partition coefficient (Wildman–Crippen LogP) is 4.43. The van der Waals surface area contributed by atoms with Gasteiger partial charge >= 0.3 is 5.97 Å². The molecule has 136 valence electrons. The molecule has 1 saturated carbocycles. The molecule has 27 heavy (non-hydrogen) atoms. The molecule has 0 aliphatic heterocycles. The number of halogens is 1. The molecule has 0 radical (unpaired) electrons. The van der Waals surface area contributed by atoms with Crippen LogP contribution in [-0.4, -0.2) is 32.8 Å². The third kappa shape index (κ3) is 2.77. The van der Waals surface area contributed by atoms with Crippen molar-refractivity contribution in [3.05, 3.63) is 47.1 Å². The zero-order chi connectivity index (χ0) is 18.5. The second kappa shape index (κ2) is 6.09. The Bertz CT molecular complexity index is 1190. The molecule has 5 rings (SSSR count). The minimum atomic E-state index is -0.397. The molecular formula is C20H17ClN4O2. The maximum atomic E-state index is 12.1. The molecule has 3 heterocycles. The minimum Gasteiger partial charge on any atom is -0.465 e. The number of carbonyl (C=O) groups is 1. The maximum Gasteiger partial charge on any atom is 0.340 e. The van der Waals surface area contributed by atoms with Crippen molar-refractivity contribution in [2.24, 2.45) is 5.92 Å². The molecule has 1 aliphatic carbocycles. The van der Waals surface area contributed by atoms with Crippen LogP contribution in [-0.2, 0) is 11.3 Å². The van der Waals surface area contributed by atoms with Crippen LogP contribution < -0.4 is 0 Å². The number of aromatic nitrogens is 4. The summed E-state index contributed by atoms with van der Waals surface area (Å²) in [6.45, 7) is 0.892. The quantitative estimate of drug-likeness (QED) is 0.531. The van der Waals surface area contributed by atoms with Crippen LogP contribution in [0.15, 0.2) is 36.5 Å². The molecule has 0 unspecified atom stereocenters. The summed E-state index contributed by atoms with van der Waals surface area (Å²) in [6, 6.07) is 9.38. The minimum absolute atomic E-state index is 0.397. The number of aromatic amines is 1. The monoisotopic (exact) mass is 380 g/mol. The second-order valence-electron chi connectivity index (χ2n) is 6.93. The molecule has 0 atom stereocenters. The van der Waals surface area contributed by atoms with Crippen LogP contribution in [0.4, 0.5) is 0 Å². The van der Waals surface area contributed by atoms with Gasteiger partial charge in [0.15, 0.2) is 0 Å². The highest BCUT2D eigenvalue weighted by Gasteiger charge is 2.24. The molecule has 3 aromatic heterocycles. The van der Waals surface area contributed by atoms with Gasteiger partial charge in [-0.05, 0) is 49.1 Å². The van der Waals surface area contributed by atoms with Crippen LogP contribution in [0, 0.1) is 5.92 Å². The smallest absolute Gasteiger partial charge is 0.340 e. The zero-order valence-electron chi connectivity index (χ0n) is 14.7. The van der Waals surface area contributed by atoms with Gasteiger partial charge in [0.25, 0.3) is 0 Å². The van der Waals surface area contributed by atoms with Gasteiger partial charge in [-0.1, -0.05) is 11.6 Å². The molecule has 0 saturated heterocycles. The van der Waals surface area contributed by atoms with Crippen LogP contribution >= 0.6 is 11.6 Å². The fraction of sp³-hybridized carbons (Fsp3) is 0.250. The fourth-order valence-electron chi connectivity index (χ4n) is 3.46. The topological polar surface area (TPSA) is 72.8 Å². The fourth-order valence-corrected chi connectivity index (χ4v) is 3.63. The van der Waals surface area contributed by atoms with Crippen molar-refractivity contribution in [3.63, 3.8) is 0 Å². The highest BCUT2D eigenvalue weighted by molar-refractivity contribution is 6.31. The molecule has 1 fully saturated rings. The number of hydrogen-bond acceptors (Lipinski definition) is 4. The Morgan fingerprint density at radius 2 is 2.19 bits per heavy atom. The van der Waals surface area contributed by atoms with Crippen molar-refractivity contribution in [3.8, 4) is 11.4 Å². The first-order valence-electron chi connectivity index (χ1n) is 8.86. The van der Waals surface area contributed by atoms with E-state index in [0.717, 1.165) is 28.8 Å². The first-order chi connectivity index (χ1) is 13.1. The van der Waals surface area contributed by atoms with E-state index in [9.17, 15) is 4.79 Å². The first kappa shape index (κ1) is 16.3. The lowest BCUT2D eigenvalue weighted by molar-refractivity contribution is 0.0602. The Kier molecular flexibility index (Phi) is 3.68. The number of benzene rings is 1. The van der Waals surface area contributed by atoms with Gasteiger partial charge in [0.1, 0.15) is 5.69 Å². The van der Waals surface area contributed by atoms with Crippen LogP contribution in [0.25, 0.3) is 33.3 Å². The number of ether oxygens (including phenoxy) is 1. The average molecular weight is 381 g/mol. The molecule has 1 N–H and O–H groups in total. The molecule has 0 spiro atoms. The molecule has 6 nitrogen and oxygen atoms in total. The number of methoxy groups -OCH3 is 1. The molecular weight excluding hydrogens is 364 g/mol. The third-order valence-corrected chi connectivity index (χ3v) is 5.26. The van der Waals surface area contributed by atoms with E-state index in [1.54, 1.807) is 12.3 Å². The number of H-pyrrole nitrogens is 1. The van der Waals surface area contributed by atoms with E-state index in [2.05, 4.69) is 9.97 Å². The van der Waals surface area contributed by atoms with Gasteiger partial charge in [0.2, 0.25) is 0 Å². The molecule has 4 aromatic rings. The summed E-state index contributed by atoms with van der Waals surface area (Å²) in [5.74, 6) is 0.293.